The van der Waals surface area contributed by atoms with Crippen LogP contribution in [0.2, 0.25) is 0 Å². The molecule has 0 radical (unpaired) electrons. The first-order chi connectivity index (χ1) is 5.92. The smallest absolute Gasteiger partial charge is 0.0797 e. The van der Waals surface area contributed by atoms with Gasteiger partial charge >= 0.3 is 0 Å². The van der Waals surface area contributed by atoms with Crippen LogP contribution >= 0.6 is 11.3 Å². The minimum atomic E-state index is 0.714. The average Bonchev–Trinajstić information content (AvgIpc) is 2.53. The summed E-state index contributed by atoms with van der Waals surface area (Å²) in [6.45, 7) is 0.808. The highest BCUT2D eigenvalue weighted by Crippen LogP contribution is 2.35. The van der Waals surface area contributed by atoms with Gasteiger partial charge in [-0.05, 0) is 38.1 Å². The first-order valence-electron chi connectivity index (χ1n) is 4.54. The van der Waals surface area contributed by atoms with Crippen molar-refractivity contribution in [3.8, 4) is 0 Å². The Kier molecular flexibility index (Phi) is 2.42. The van der Waals surface area contributed by atoms with Gasteiger partial charge in [0.2, 0.25) is 0 Å². The summed E-state index contributed by atoms with van der Waals surface area (Å²) in [6, 6.07) is 0. The standard InChI is InChI=1S/C9H14N2S/c10-5-4-7-2-1-3-8-9(7)12-6-11-8/h6-7H,1-5,10H2. The Bertz CT molecular complexity index is 257. The summed E-state index contributed by atoms with van der Waals surface area (Å²) >= 11 is 1.81. The third kappa shape index (κ3) is 1.39. The minimum Gasteiger partial charge on any atom is -0.330 e. The molecular weight excluding hydrogens is 168 g/mol. The van der Waals surface area contributed by atoms with Gasteiger partial charge in [0.1, 0.15) is 0 Å². The quantitative estimate of drug-likeness (QED) is 0.759. The highest BCUT2D eigenvalue weighted by atomic mass is 32.1. The van der Waals surface area contributed by atoms with E-state index < -0.39 is 0 Å². The lowest BCUT2D eigenvalue weighted by Gasteiger charge is -2.20. The van der Waals surface area contributed by atoms with Crippen molar-refractivity contribution in [1.82, 2.24) is 4.98 Å². The third-order valence-electron chi connectivity index (χ3n) is 2.52. The SMILES string of the molecule is NCCC1CCCc2ncsc21. The number of hydrogen-bond acceptors (Lipinski definition) is 3. The summed E-state index contributed by atoms with van der Waals surface area (Å²) in [7, 11) is 0. The van der Waals surface area contributed by atoms with Gasteiger partial charge in [0, 0.05) is 4.88 Å². The molecular formula is C9H14N2S. The van der Waals surface area contributed by atoms with Crippen LogP contribution in [0, 0.1) is 0 Å². The highest BCUT2D eigenvalue weighted by molar-refractivity contribution is 7.09. The molecule has 2 nitrogen and oxygen atoms in total. The monoisotopic (exact) mass is 182 g/mol. The van der Waals surface area contributed by atoms with Crippen molar-refractivity contribution < 1.29 is 0 Å². The molecule has 2 N–H and O–H groups in total. The van der Waals surface area contributed by atoms with E-state index in [1.54, 1.807) is 11.3 Å². The predicted octanol–water partition coefficient (Wildman–Crippen LogP) is 1.91. The van der Waals surface area contributed by atoms with Crippen LogP contribution in [0.3, 0.4) is 0 Å². The first kappa shape index (κ1) is 8.20. The van der Waals surface area contributed by atoms with E-state index >= 15 is 0 Å². The van der Waals surface area contributed by atoms with E-state index in [-0.39, 0.29) is 0 Å². The fraction of sp³-hybridized carbons (Fsp3) is 0.667. The zero-order chi connectivity index (χ0) is 8.39. The van der Waals surface area contributed by atoms with Crippen LogP contribution in [-0.2, 0) is 6.42 Å². The normalized spacial score (nSPS) is 22.2. The summed E-state index contributed by atoms with van der Waals surface area (Å²) in [5, 5.41) is 0. The van der Waals surface area contributed by atoms with Gasteiger partial charge in [0.25, 0.3) is 0 Å². The summed E-state index contributed by atoms with van der Waals surface area (Å²) in [6.07, 6.45) is 4.92. The van der Waals surface area contributed by atoms with E-state index in [1.807, 2.05) is 5.51 Å². The molecule has 0 aliphatic heterocycles. The molecule has 0 bridgehead atoms. The number of nitrogens with two attached hydrogens (primary N) is 1. The molecule has 1 aromatic heterocycles. The highest BCUT2D eigenvalue weighted by Gasteiger charge is 2.21. The maximum Gasteiger partial charge on any atom is 0.0797 e. The summed E-state index contributed by atoms with van der Waals surface area (Å²) in [4.78, 5) is 5.87. The zero-order valence-electron chi connectivity index (χ0n) is 7.12. The number of aryl methyl sites for hydroxylation is 1. The second kappa shape index (κ2) is 3.54. The Hall–Kier alpha value is -0.410. The van der Waals surface area contributed by atoms with Gasteiger partial charge in [-0.25, -0.2) is 4.98 Å². The van der Waals surface area contributed by atoms with Crippen LogP contribution in [0.1, 0.15) is 35.8 Å². The number of fused-ring (bicyclic) bond motifs is 1. The molecule has 0 aromatic carbocycles. The van der Waals surface area contributed by atoms with Crippen molar-refractivity contribution in [2.24, 2.45) is 5.73 Å². The van der Waals surface area contributed by atoms with E-state index in [0.717, 1.165) is 13.0 Å². The van der Waals surface area contributed by atoms with E-state index in [9.17, 15) is 0 Å². The van der Waals surface area contributed by atoms with Crippen molar-refractivity contribution in [3.63, 3.8) is 0 Å². The molecule has 1 aliphatic carbocycles. The maximum atomic E-state index is 5.57. The predicted molar refractivity (Wildman–Crippen MR) is 51.5 cm³/mol. The Morgan fingerprint density at radius 2 is 2.58 bits per heavy atom. The maximum absolute atomic E-state index is 5.57. The van der Waals surface area contributed by atoms with Gasteiger partial charge in [-0.2, -0.15) is 0 Å². The second-order valence-electron chi connectivity index (χ2n) is 3.33. The van der Waals surface area contributed by atoms with Crippen LogP contribution in [0.25, 0.3) is 0 Å². The summed E-state index contributed by atoms with van der Waals surface area (Å²) in [5.74, 6) is 0.714. The lowest BCUT2D eigenvalue weighted by Crippen LogP contribution is -2.12. The molecule has 1 unspecified atom stereocenters. The number of thiazole rings is 1. The molecule has 66 valence electrons. The van der Waals surface area contributed by atoms with E-state index in [0.29, 0.717) is 5.92 Å². The first-order valence-corrected chi connectivity index (χ1v) is 5.42. The van der Waals surface area contributed by atoms with Gasteiger partial charge in [-0.15, -0.1) is 11.3 Å². The van der Waals surface area contributed by atoms with Crippen molar-refractivity contribution in [2.75, 3.05) is 6.54 Å². The largest absolute Gasteiger partial charge is 0.330 e. The number of hydrogen-bond donors (Lipinski definition) is 1. The van der Waals surface area contributed by atoms with Gasteiger partial charge in [-0.3, -0.25) is 0 Å². The van der Waals surface area contributed by atoms with Gasteiger partial charge < -0.3 is 5.73 Å². The van der Waals surface area contributed by atoms with Gasteiger partial charge in [-0.1, -0.05) is 0 Å². The fourth-order valence-electron chi connectivity index (χ4n) is 1.92. The van der Waals surface area contributed by atoms with Crippen LogP contribution in [-0.4, -0.2) is 11.5 Å². The fourth-order valence-corrected chi connectivity index (χ4v) is 2.93. The van der Waals surface area contributed by atoms with Gasteiger partial charge in [0.05, 0.1) is 11.2 Å². The van der Waals surface area contributed by atoms with E-state index in [2.05, 4.69) is 4.98 Å². The topological polar surface area (TPSA) is 38.9 Å². The molecule has 0 fully saturated rings. The molecule has 0 saturated heterocycles. The Morgan fingerprint density at radius 3 is 3.42 bits per heavy atom. The van der Waals surface area contributed by atoms with Crippen LogP contribution in [0.5, 0.6) is 0 Å². The molecule has 0 spiro atoms. The molecule has 0 amide bonds. The van der Waals surface area contributed by atoms with Crippen LogP contribution < -0.4 is 5.73 Å². The molecule has 12 heavy (non-hydrogen) atoms. The average molecular weight is 182 g/mol. The number of nitrogens with zero attached hydrogens (tertiary/aromatic N) is 1. The molecule has 1 heterocycles. The second-order valence-corrected chi connectivity index (χ2v) is 4.22. The third-order valence-corrected chi connectivity index (χ3v) is 3.56. The van der Waals surface area contributed by atoms with E-state index in [4.69, 9.17) is 5.73 Å². The molecule has 1 aliphatic rings. The minimum absolute atomic E-state index is 0.714. The van der Waals surface area contributed by atoms with Crippen molar-refractivity contribution in [3.05, 3.63) is 16.1 Å². The molecule has 1 aromatic rings. The zero-order valence-corrected chi connectivity index (χ0v) is 7.94. The lowest BCUT2D eigenvalue weighted by molar-refractivity contribution is 0.530. The summed E-state index contributed by atoms with van der Waals surface area (Å²) in [5.41, 5.74) is 8.88. The van der Waals surface area contributed by atoms with Crippen LogP contribution in [0.15, 0.2) is 5.51 Å². The Balaban J connectivity index is 2.19. The Morgan fingerprint density at radius 1 is 1.67 bits per heavy atom. The molecule has 2 rings (SSSR count). The molecule has 3 heteroatoms. The van der Waals surface area contributed by atoms with Crippen molar-refractivity contribution in [2.45, 2.75) is 31.6 Å². The number of aromatic nitrogens is 1. The summed E-state index contributed by atoms with van der Waals surface area (Å²) < 4.78 is 0. The lowest BCUT2D eigenvalue weighted by atomic mass is 9.89. The molecule has 0 saturated carbocycles. The van der Waals surface area contributed by atoms with E-state index in [1.165, 1.54) is 29.8 Å². The molecule has 1 atom stereocenters. The van der Waals surface area contributed by atoms with Gasteiger partial charge in [0.15, 0.2) is 0 Å². The Labute approximate surface area is 76.8 Å². The number of rotatable bonds is 2. The van der Waals surface area contributed by atoms with Crippen molar-refractivity contribution >= 4 is 11.3 Å². The van der Waals surface area contributed by atoms with Crippen LogP contribution in [0.4, 0.5) is 0 Å². The van der Waals surface area contributed by atoms with Crippen molar-refractivity contribution in [1.29, 1.82) is 0 Å².